The molecule has 0 unspecified atom stereocenters. The number of aliphatic hydroxyl groups excluding tert-OH is 1. The van der Waals surface area contributed by atoms with Crippen LogP contribution in [0.5, 0.6) is 5.75 Å². The maximum Gasteiger partial charge on any atom is 0.142 e. The van der Waals surface area contributed by atoms with Crippen LogP contribution in [0.3, 0.4) is 0 Å². The van der Waals surface area contributed by atoms with E-state index >= 15 is 0 Å². The molecule has 5 rings (SSSR count). The predicted octanol–water partition coefficient (Wildman–Crippen LogP) is 4.50. The monoisotopic (exact) mass is 399 g/mol. The summed E-state index contributed by atoms with van der Waals surface area (Å²) >= 11 is 6.52. The molecule has 1 aliphatic carbocycles. The highest BCUT2D eigenvalue weighted by Crippen LogP contribution is 2.51. The first-order valence-electron chi connectivity index (χ1n) is 10.1. The number of hydrogen-bond donors (Lipinski definition) is 1. The molecule has 4 nitrogen and oxygen atoms in total. The molecule has 1 saturated heterocycles. The van der Waals surface area contributed by atoms with Crippen LogP contribution in [-0.4, -0.2) is 37.0 Å². The number of benzene rings is 2. The fourth-order valence-electron chi connectivity index (χ4n) is 4.49. The molecule has 0 radical (unpaired) electrons. The fraction of sp³-hybridized carbons (Fsp3) is 0.478. The number of anilines is 1. The highest BCUT2D eigenvalue weighted by Gasteiger charge is 2.50. The number of halogens is 1. The second-order valence-corrected chi connectivity index (χ2v) is 8.89. The highest BCUT2D eigenvalue weighted by atomic mass is 35.5. The smallest absolute Gasteiger partial charge is 0.142 e. The first-order valence-corrected chi connectivity index (χ1v) is 10.5. The molecular weight excluding hydrogens is 374 g/mol. The molecule has 28 heavy (non-hydrogen) atoms. The van der Waals surface area contributed by atoms with Gasteiger partial charge in [0.2, 0.25) is 0 Å². The highest BCUT2D eigenvalue weighted by molar-refractivity contribution is 6.31. The standard InChI is InChI=1S/C23H26ClNO3/c1-25-8-9-27-22-11-15(2-5-20(22)25)10-17-12-16(3-4-19(17)24)21-13-18(26)14-23(28-21)6-7-23/h2-5,11-12,18,21,26H,6-10,13-14H2,1H3/t18-,21-/m1/s1. The van der Waals surface area contributed by atoms with Crippen molar-refractivity contribution in [3.05, 3.63) is 58.1 Å². The summed E-state index contributed by atoms with van der Waals surface area (Å²) in [7, 11) is 2.09. The lowest BCUT2D eigenvalue weighted by molar-refractivity contribution is -0.113. The van der Waals surface area contributed by atoms with E-state index in [-0.39, 0.29) is 17.8 Å². The summed E-state index contributed by atoms with van der Waals surface area (Å²) in [4.78, 5) is 2.22. The topological polar surface area (TPSA) is 41.9 Å². The molecule has 5 heteroatoms. The van der Waals surface area contributed by atoms with Crippen molar-refractivity contribution in [3.63, 3.8) is 0 Å². The Morgan fingerprint density at radius 2 is 2.07 bits per heavy atom. The van der Waals surface area contributed by atoms with E-state index in [0.717, 1.165) is 59.8 Å². The van der Waals surface area contributed by atoms with E-state index in [2.05, 4.69) is 36.2 Å². The normalized spacial score (nSPS) is 25.3. The quantitative estimate of drug-likeness (QED) is 0.824. The summed E-state index contributed by atoms with van der Waals surface area (Å²) in [5.74, 6) is 0.938. The lowest BCUT2D eigenvalue weighted by atomic mass is 9.93. The number of ether oxygens (including phenoxy) is 2. The average Bonchev–Trinajstić information content (AvgIpc) is 3.41. The van der Waals surface area contributed by atoms with Crippen LogP contribution in [0.15, 0.2) is 36.4 Å². The molecule has 2 aliphatic heterocycles. The van der Waals surface area contributed by atoms with Gasteiger partial charge >= 0.3 is 0 Å². The number of hydrogen-bond acceptors (Lipinski definition) is 4. The largest absolute Gasteiger partial charge is 0.490 e. The molecule has 2 aromatic carbocycles. The van der Waals surface area contributed by atoms with E-state index in [1.165, 1.54) is 5.56 Å². The van der Waals surface area contributed by atoms with Gasteiger partial charge in [0.15, 0.2) is 0 Å². The minimum absolute atomic E-state index is 0.0530. The number of nitrogens with zero attached hydrogens (tertiary/aromatic N) is 1. The van der Waals surface area contributed by atoms with Crippen molar-refractivity contribution in [3.8, 4) is 5.75 Å². The minimum atomic E-state index is -0.282. The maximum atomic E-state index is 10.3. The van der Waals surface area contributed by atoms with Gasteiger partial charge < -0.3 is 19.5 Å². The molecule has 2 fully saturated rings. The van der Waals surface area contributed by atoms with Gasteiger partial charge in [-0.15, -0.1) is 0 Å². The van der Waals surface area contributed by atoms with Crippen LogP contribution < -0.4 is 9.64 Å². The van der Waals surface area contributed by atoms with Gasteiger partial charge in [-0.2, -0.15) is 0 Å². The van der Waals surface area contributed by atoms with Crippen LogP contribution in [0.2, 0.25) is 5.02 Å². The Balaban J connectivity index is 1.39. The third-order valence-electron chi connectivity index (χ3n) is 6.25. The van der Waals surface area contributed by atoms with Crippen LogP contribution in [0.1, 0.15) is 48.5 Å². The Bertz CT molecular complexity index is 895. The van der Waals surface area contributed by atoms with Gasteiger partial charge in [0.05, 0.1) is 30.0 Å². The number of rotatable bonds is 3. The first kappa shape index (κ1) is 18.3. The predicted molar refractivity (Wildman–Crippen MR) is 110 cm³/mol. The van der Waals surface area contributed by atoms with Crippen LogP contribution in [0, 0.1) is 0 Å². The van der Waals surface area contributed by atoms with E-state index in [1.807, 2.05) is 12.1 Å². The van der Waals surface area contributed by atoms with Crippen LogP contribution >= 0.6 is 11.6 Å². The molecule has 1 N–H and O–H groups in total. The molecule has 2 heterocycles. The number of aliphatic hydroxyl groups is 1. The summed E-state index contributed by atoms with van der Waals surface area (Å²) in [6.45, 7) is 1.63. The van der Waals surface area contributed by atoms with Gasteiger partial charge in [-0.1, -0.05) is 29.8 Å². The molecule has 0 aromatic heterocycles. The number of likely N-dealkylation sites (N-methyl/N-ethyl adjacent to an activating group) is 1. The van der Waals surface area contributed by atoms with Crippen LogP contribution in [0.4, 0.5) is 5.69 Å². The summed E-state index contributed by atoms with van der Waals surface area (Å²) in [5.41, 5.74) is 4.42. The van der Waals surface area contributed by atoms with Crippen LogP contribution in [-0.2, 0) is 11.2 Å². The SMILES string of the molecule is CN1CCOc2cc(Cc3cc([C@H]4C[C@@H](O)CC5(CC5)O4)ccc3Cl)ccc21. The molecule has 0 amide bonds. The Morgan fingerprint density at radius 3 is 2.89 bits per heavy atom. The van der Waals surface area contributed by atoms with Crippen molar-refractivity contribution in [1.82, 2.24) is 0 Å². The van der Waals surface area contributed by atoms with Gasteiger partial charge in [0, 0.05) is 24.9 Å². The summed E-state index contributed by atoms with van der Waals surface area (Å²) in [6.07, 6.45) is 3.95. The second kappa shape index (κ2) is 6.94. The van der Waals surface area contributed by atoms with Crippen LogP contribution in [0.25, 0.3) is 0 Å². The maximum absolute atomic E-state index is 10.3. The average molecular weight is 400 g/mol. The molecule has 148 valence electrons. The van der Waals surface area contributed by atoms with E-state index in [4.69, 9.17) is 21.1 Å². The summed E-state index contributed by atoms with van der Waals surface area (Å²) < 4.78 is 12.2. The summed E-state index contributed by atoms with van der Waals surface area (Å²) in [5, 5.41) is 11.0. The molecule has 1 saturated carbocycles. The van der Waals surface area contributed by atoms with E-state index in [9.17, 15) is 5.11 Å². The summed E-state index contributed by atoms with van der Waals surface area (Å²) in [6, 6.07) is 12.5. The Hall–Kier alpha value is -1.75. The van der Waals surface area contributed by atoms with Crippen molar-refractivity contribution in [2.24, 2.45) is 0 Å². The van der Waals surface area contributed by atoms with Crippen molar-refractivity contribution in [1.29, 1.82) is 0 Å². The number of fused-ring (bicyclic) bond motifs is 1. The van der Waals surface area contributed by atoms with Crippen molar-refractivity contribution < 1.29 is 14.6 Å². The van der Waals surface area contributed by atoms with E-state index in [0.29, 0.717) is 13.0 Å². The molecular formula is C23H26ClNO3. The molecule has 1 spiro atoms. The van der Waals surface area contributed by atoms with Gasteiger partial charge in [-0.05, 0) is 54.2 Å². The lowest BCUT2D eigenvalue weighted by Crippen LogP contribution is -2.32. The Morgan fingerprint density at radius 1 is 1.21 bits per heavy atom. The van der Waals surface area contributed by atoms with Gasteiger partial charge in [-0.3, -0.25) is 0 Å². The Kier molecular flexibility index (Phi) is 4.53. The molecule has 2 aromatic rings. The van der Waals surface area contributed by atoms with E-state index < -0.39 is 0 Å². The first-order chi connectivity index (χ1) is 13.5. The van der Waals surface area contributed by atoms with Gasteiger partial charge in [-0.25, -0.2) is 0 Å². The van der Waals surface area contributed by atoms with Crippen molar-refractivity contribution >= 4 is 17.3 Å². The molecule has 0 bridgehead atoms. The van der Waals surface area contributed by atoms with Crippen molar-refractivity contribution in [2.45, 2.75) is 49.9 Å². The zero-order valence-electron chi connectivity index (χ0n) is 16.2. The lowest BCUT2D eigenvalue weighted by Gasteiger charge is -2.34. The zero-order valence-corrected chi connectivity index (χ0v) is 16.9. The van der Waals surface area contributed by atoms with Gasteiger partial charge in [0.25, 0.3) is 0 Å². The fourth-order valence-corrected chi connectivity index (χ4v) is 4.67. The third-order valence-corrected chi connectivity index (χ3v) is 6.62. The van der Waals surface area contributed by atoms with Crippen molar-refractivity contribution in [2.75, 3.05) is 25.1 Å². The zero-order chi connectivity index (χ0) is 19.3. The van der Waals surface area contributed by atoms with E-state index in [1.54, 1.807) is 0 Å². The Labute approximate surface area is 171 Å². The molecule has 2 atom stereocenters. The molecule has 3 aliphatic rings. The third kappa shape index (κ3) is 3.49. The minimum Gasteiger partial charge on any atom is -0.490 e. The second-order valence-electron chi connectivity index (χ2n) is 8.48. The van der Waals surface area contributed by atoms with Gasteiger partial charge in [0.1, 0.15) is 12.4 Å².